The summed E-state index contributed by atoms with van der Waals surface area (Å²) in [6.07, 6.45) is 2.91. The Hall–Kier alpha value is -1.35. The lowest BCUT2D eigenvalue weighted by atomic mass is 10.1. The fourth-order valence-electron chi connectivity index (χ4n) is 1.42. The molecular formula is C12H14N2S. The van der Waals surface area contributed by atoms with E-state index >= 15 is 0 Å². The van der Waals surface area contributed by atoms with E-state index < -0.39 is 0 Å². The summed E-state index contributed by atoms with van der Waals surface area (Å²) < 4.78 is 0. The Morgan fingerprint density at radius 2 is 2.33 bits per heavy atom. The molecule has 78 valence electrons. The number of aromatic nitrogens is 1. The average Bonchev–Trinajstić information content (AvgIpc) is 2.79. The molecule has 0 unspecified atom stereocenters. The van der Waals surface area contributed by atoms with Crippen LogP contribution in [-0.2, 0) is 13.0 Å². The van der Waals surface area contributed by atoms with E-state index in [1.54, 1.807) is 11.3 Å². The molecule has 2 nitrogen and oxygen atoms in total. The molecule has 1 aromatic heterocycles. The zero-order valence-electron chi connectivity index (χ0n) is 8.73. The van der Waals surface area contributed by atoms with Gasteiger partial charge in [0, 0.05) is 17.3 Å². The molecule has 1 aromatic carbocycles. The predicted molar refractivity (Wildman–Crippen MR) is 65.3 cm³/mol. The van der Waals surface area contributed by atoms with Gasteiger partial charge in [-0.3, -0.25) is 0 Å². The van der Waals surface area contributed by atoms with Gasteiger partial charge in [0.05, 0.1) is 6.54 Å². The topological polar surface area (TPSA) is 24.9 Å². The number of aryl methyl sites for hydroxylation is 1. The van der Waals surface area contributed by atoms with Crippen molar-refractivity contribution in [3.05, 3.63) is 46.4 Å². The van der Waals surface area contributed by atoms with Crippen LogP contribution in [0.5, 0.6) is 0 Å². The van der Waals surface area contributed by atoms with E-state index in [4.69, 9.17) is 0 Å². The molecule has 0 bridgehead atoms. The summed E-state index contributed by atoms with van der Waals surface area (Å²) in [7, 11) is 0. The summed E-state index contributed by atoms with van der Waals surface area (Å²) in [5.41, 5.74) is 2.53. The van der Waals surface area contributed by atoms with Crippen molar-refractivity contribution in [3.63, 3.8) is 0 Å². The third kappa shape index (κ3) is 2.80. The van der Waals surface area contributed by atoms with Gasteiger partial charge in [0.15, 0.2) is 0 Å². The third-order valence-corrected chi connectivity index (χ3v) is 3.04. The highest BCUT2D eigenvalue weighted by Gasteiger charge is 1.96. The summed E-state index contributed by atoms with van der Waals surface area (Å²) in [6.45, 7) is 2.98. The van der Waals surface area contributed by atoms with Gasteiger partial charge in [0.2, 0.25) is 0 Å². The first kappa shape index (κ1) is 10.2. The first-order valence-electron chi connectivity index (χ1n) is 5.09. The molecular weight excluding hydrogens is 204 g/mol. The number of rotatable bonds is 4. The van der Waals surface area contributed by atoms with Gasteiger partial charge in [0.1, 0.15) is 5.01 Å². The minimum absolute atomic E-state index is 0.810. The van der Waals surface area contributed by atoms with Crippen LogP contribution in [0.1, 0.15) is 17.5 Å². The Labute approximate surface area is 94.0 Å². The van der Waals surface area contributed by atoms with E-state index in [0.717, 1.165) is 18.0 Å². The van der Waals surface area contributed by atoms with E-state index in [0.29, 0.717) is 0 Å². The van der Waals surface area contributed by atoms with Gasteiger partial charge in [-0.25, -0.2) is 4.98 Å². The maximum absolute atomic E-state index is 4.23. The lowest BCUT2D eigenvalue weighted by Gasteiger charge is -2.05. The van der Waals surface area contributed by atoms with Crippen molar-refractivity contribution in [3.8, 4) is 0 Å². The van der Waals surface area contributed by atoms with Crippen LogP contribution in [0.25, 0.3) is 0 Å². The second-order valence-electron chi connectivity index (χ2n) is 3.33. The predicted octanol–water partition coefficient (Wildman–Crippen LogP) is 3.32. The molecule has 0 amide bonds. The molecule has 0 aliphatic rings. The Balaban J connectivity index is 1.98. The zero-order chi connectivity index (χ0) is 10.5. The Kier molecular flexibility index (Phi) is 3.35. The molecule has 1 N–H and O–H groups in total. The van der Waals surface area contributed by atoms with Crippen LogP contribution in [0.15, 0.2) is 35.8 Å². The van der Waals surface area contributed by atoms with Gasteiger partial charge in [-0.1, -0.05) is 19.1 Å². The van der Waals surface area contributed by atoms with Crippen molar-refractivity contribution in [2.75, 3.05) is 5.32 Å². The van der Waals surface area contributed by atoms with Gasteiger partial charge < -0.3 is 5.32 Å². The van der Waals surface area contributed by atoms with Crippen molar-refractivity contribution in [2.45, 2.75) is 19.9 Å². The van der Waals surface area contributed by atoms with E-state index in [2.05, 4.69) is 41.5 Å². The van der Waals surface area contributed by atoms with Crippen molar-refractivity contribution in [1.82, 2.24) is 4.98 Å². The van der Waals surface area contributed by atoms with Crippen LogP contribution in [0.4, 0.5) is 5.69 Å². The fraction of sp³-hybridized carbons (Fsp3) is 0.250. The molecule has 0 radical (unpaired) electrons. The first-order chi connectivity index (χ1) is 7.38. The van der Waals surface area contributed by atoms with Crippen LogP contribution in [0.2, 0.25) is 0 Å². The molecule has 2 rings (SSSR count). The molecule has 0 fully saturated rings. The largest absolute Gasteiger partial charge is 0.379 e. The van der Waals surface area contributed by atoms with E-state index in [-0.39, 0.29) is 0 Å². The molecule has 0 saturated carbocycles. The second-order valence-corrected chi connectivity index (χ2v) is 4.31. The van der Waals surface area contributed by atoms with Gasteiger partial charge >= 0.3 is 0 Å². The van der Waals surface area contributed by atoms with Crippen molar-refractivity contribution in [2.24, 2.45) is 0 Å². The number of hydrogen-bond donors (Lipinski definition) is 1. The number of nitrogens with zero attached hydrogens (tertiary/aromatic N) is 1. The summed E-state index contributed by atoms with van der Waals surface area (Å²) in [5, 5.41) is 6.49. The smallest absolute Gasteiger partial charge is 0.112 e. The van der Waals surface area contributed by atoms with Gasteiger partial charge in [-0.2, -0.15) is 0 Å². The fourth-order valence-corrected chi connectivity index (χ4v) is 1.98. The van der Waals surface area contributed by atoms with Gasteiger partial charge in [-0.15, -0.1) is 11.3 Å². The van der Waals surface area contributed by atoms with Crippen LogP contribution in [0.3, 0.4) is 0 Å². The normalized spacial score (nSPS) is 10.2. The first-order valence-corrected chi connectivity index (χ1v) is 5.97. The molecule has 0 saturated heterocycles. The molecule has 1 heterocycles. The Morgan fingerprint density at radius 1 is 1.40 bits per heavy atom. The van der Waals surface area contributed by atoms with Crippen molar-refractivity contribution < 1.29 is 0 Å². The maximum Gasteiger partial charge on any atom is 0.112 e. The number of anilines is 1. The summed E-state index contributed by atoms with van der Waals surface area (Å²) in [4.78, 5) is 4.23. The lowest BCUT2D eigenvalue weighted by molar-refractivity contribution is 1.09. The molecule has 0 aliphatic carbocycles. The molecule has 0 aliphatic heterocycles. The zero-order valence-corrected chi connectivity index (χ0v) is 9.55. The Morgan fingerprint density at radius 3 is 3.07 bits per heavy atom. The number of nitrogens with one attached hydrogen (secondary N) is 1. The summed E-state index contributed by atoms with van der Waals surface area (Å²) in [6, 6.07) is 8.51. The van der Waals surface area contributed by atoms with E-state index in [1.165, 1.54) is 11.3 Å². The molecule has 2 aromatic rings. The average molecular weight is 218 g/mol. The second kappa shape index (κ2) is 4.94. The monoisotopic (exact) mass is 218 g/mol. The Bertz CT molecular complexity index is 409. The number of benzene rings is 1. The third-order valence-electron chi connectivity index (χ3n) is 2.26. The molecule has 15 heavy (non-hydrogen) atoms. The van der Waals surface area contributed by atoms with Crippen LogP contribution < -0.4 is 5.32 Å². The molecule has 0 spiro atoms. The minimum Gasteiger partial charge on any atom is -0.379 e. The molecule has 0 atom stereocenters. The quantitative estimate of drug-likeness (QED) is 0.851. The van der Waals surface area contributed by atoms with Gasteiger partial charge in [-0.05, 0) is 24.1 Å². The number of hydrogen-bond acceptors (Lipinski definition) is 3. The maximum atomic E-state index is 4.23. The lowest BCUT2D eigenvalue weighted by Crippen LogP contribution is -1.98. The van der Waals surface area contributed by atoms with Crippen LogP contribution >= 0.6 is 11.3 Å². The summed E-state index contributed by atoms with van der Waals surface area (Å²) >= 11 is 1.68. The highest BCUT2D eigenvalue weighted by Crippen LogP contribution is 2.13. The van der Waals surface area contributed by atoms with Crippen LogP contribution in [-0.4, -0.2) is 4.98 Å². The van der Waals surface area contributed by atoms with Crippen molar-refractivity contribution >= 4 is 17.0 Å². The van der Waals surface area contributed by atoms with Crippen molar-refractivity contribution in [1.29, 1.82) is 0 Å². The van der Waals surface area contributed by atoms with Crippen LogP contribution in [0, 0.1) is 0 Å². The van der Waals surface area contributed by atoms with E-state index in [1.807, 2.05) is 11.6 Å². The number of thiazole rings is 1. The standard InChI is InChI=1S/C12H14N2S/c1-2-10-4-3-5-11(8-10)14-9-12-13-6-7-15-12/h3-8,14H,2,9H2,1H3. The summed E-state index contributed by atoms with van der Waals surface area (Å²) in [5.74, 6) is 0. The molecule has 3 heteroatoms. The SMILES string of the molecule is CCc1cccc(NCc2nccs2)c1. The highest BCUT2D eigenvalue weighted by molar-refractivity contribution is 7.09. The minimum atomic E-state index is 0.810. The van der Waals surface area contributed by atoms with Gasteiger partial charge in [0.25, 0.3) is 0 Å². The van der Waals surface area contributed by atoms with E-state index in [9.17, 15) is 0 Å². The highest BCUT2D eigenvalue weighted by atomic mass is 32.1.